The molecule has 0 saturated heterocycles. The van der Waals surface area contributed by atoms with Gasteiger partial charge in [-0.2, -0.15) is 0 Å². The molecule has 0 spiro atoms. The van der Waals surface area contributed by atoms with Gasteiger partial charge in [0, 0.05) is 38.3 Å². The van der Waals surface area contributed by atoms with Crippen molar-refractivity contribution in [2.45, 2.75) is 89.6 Å². The maximum atomic E-state index is 11.2. The molecule has 0 radical (unpaired) electrons. The first kappa shape index (κ1) is 35.1. The number of hydrogen-bond donors (Lipinski definition) is 2. The van der Waals surface area contributed by atoms with Crippen LogP contribution in [0.3, 0.4) is 0 Å². The van der Waals surface area contributed by atoms with Gasteiger partial charge in [0.05, 0.1) is 11.8 Å². The molecule has 0 aromatic heterocycles. The quantitative estimate of drug-likeness (QED) is 0.160. The predicted octanol–water partition coefficient (Wildman–Crippen LogP) is 8.66. The molecule has 6 nitrogen and oxygen atoms in total. The summed E-state index contributed by atoms with van der Waals surface area (Å²) in [6, 6.07) is 43.1. The zero-order valence-electron chi connectivity index (χ0n) is 27.9. The minimum Gasteiger partial charge on any atom is -0.481 e. The van der Waals surface area contributed by atoms with Gasteiger partial charge in [0.2, 0.25) is 0 Å². The molecule has 0 unspecified atom stereocenters. The van der Waals surface area contributed by atoms with Gasteiger partial charge in [0.1, 0.15) is 0 Å². The Bertz CT molecular complexity index is 1300. The normalized spacial score (nSPS) is 20.9. The molecule has 2 fully saturated rings. The molecule has 2 saturated carbocycles. The van der Waals surface area contributed by atoms with Gasteiger partial charge < -0.3 is 10.2 Å². The molecule has 0 aliphatic heterocycles. The van der Waals surface area contributed by atoms with Crippen LogP contribution in [0.2, 0.25) is 0 Å². The summed E-state index contributed by atoms with van der Waals surface area (Å²) in [7, 11) is 0. The Morgan fingerprint density at radius 3 is 0.854 bits per heavy atom. The maximum Gasteiger partial charge on any atom is 0.306 e. The smallest absolute Gasteiger partial charge is 0.306 e. The monoisotopic (exact) mass is 646 g/mol. The fourth-order valence-electron chi connectivity index (χ4n) is 7.28. The summed E-state index contributed by atoms with van der Waals surface area (Å²) in [5.74, 6) is -1.58. The molecule has 0 bridgehead atoms. The Hall–Kier alpha value is -4.26. The number of nitrogens with zero attached hydrogens (tertiary/aromatic N) is 2. The highest BCUT2D eigenvalue weighted by Gasteiger charge is 2.30. The van der Waals surface area contributed by atoms with E-state index in [-0.39, 0.29) is 11.8 Å². The van der Waals surface area contributed by atoms with E-state index in [0.717, 1.165) is 77.5 Å². The molecule has 2 N–H and O–H groups in total. The van der Waals surface area contributed by atoms with Gasteiger partial charge in [-0.15, -0.1) is 0 Å². The van der Waals surface area contributed by atoms with E-state index in [4.69, 9.17) is 0 Å². The topological polar surface area (TPSA) is 81.1 Å². The largest absolute Gasteiger partial charge is 0.481 e. The van der Waals surface area contributed by atoms with Crippen LogP contribution in [0, 0.1) is 11.8 Å². The third kappa shape index (κ3) is 10.9. The second-order valence-corrected chi connectivity index (χ2v) is 13.4. The average molecular weight is 647 g/mol. The zero-order valence-corrected chi connectivity index (χ0v) is 27.9. The number of carbonyl (C=O) groups is 2. The van der Waals surface area contributed by atoms with E-state index >= 15 is 0 Å². The number of carboxylic acid groups (broad SMARTS) is 2. The lowest BCUT2D eigenvalue weighted by Crippen LogP contribution is -2.38. The van der Waals surface area contributed by atoms with Crippen molar-refractivity contribution in [3.8, 4) is 0 Å². The minimum absolute atomic E-state index is 0.156. The first-order valence-electron chi connectivity index (χ1n) is 17.5. The number of carboxylic acids is 2. The van der Waals surface area contributed by atoms with Crippen LogP contribution in [0.25, 0.3) is 0 Å². The van der Waals surface area contributed by atoms with Crippen LogP contribution >= 0.6 is 0 Å². The highest BCUT2D eigenvalue weighted by Crippen LogP contribution is 2.31. The highest BCUT2D eigenvalue weighted by molar-refractivity contribution is 5.70. The molecule has 6 rings (SSSR count). The fourth-order valence-corrected chi connectivity index (χ4v) is 7.28. The van der Waals surface area contributed by atoms with Crippen LogP contribution in [0.4, 0.5) is 0 Å². The van der Waals surface area contributed by atoms with Crippen LogP contribution in [0.1, 0.15) is 73.6 Å². The molecule has 0 atom stereocenters. The van der Waals surface area contributed by atoms with Crippen molar-refractivity contribution in [2.75, 3.05) is 0 Å². The van der Waals surface area contributed by atoms with Gasteiger partial charge in [0.25, 0.3) is 0 Å². The Balaban J connectivity index is 0.000000188. The zero-order chi connectivity index (χ0) is 33.6. The maximum absolute atomic E-state index is 11.2. The SMILES string of the molecule is O=C(O)C1CCC(N(Cc2ccccc2)Cc2ccccc2)CC1.O=C(O)C1CCC(N(Cc2ccccc2)Cc2ccccc2)CC1. The average Bonchev–Trinajstić information content (AvgIpc) is 3.13. The van der Waals surface area contributed by atoms with E-state index in [0.29, 0.717) is 12.1 Å². The molecule has 2 aliphatic rings. The van der Waals surface area contributed by atoms with Crippen molar-refractivity contribution in [1.82, 2.24) is 9.80 Å². The third-order valence-corrected chi connectivity index (χ3v) is 10.0. The molecule has 0 heterocycles. The Morgan fingerprint density at radius 2 is 0.646 bits per heavy atom. The van der Waals surface area contributed by atoms with Crippen LogP contribution in [0.5, 0.6) is 0 Å². The summed E-state index contributed by atoms with van der Waals surface area (Å²) < 4.78 is 0. The Morgan fingerprint density at radius 1 is 0.417 bits per heavy atom. The van der Waals surface area contributed by atoms with Gasteiger partial charge >= 0.3 is 11.9 Å². The molecular formula is C42H50N2O4. The lowest BCUT2D eigenvalue weighted by atomic mass is 9.85. The molecule has 252 valence electrons. The molecule has 6 heteroatoms. The summed E-state index contributed by atoms with van der Waals surface area (Å²) in [6.07, 6.45) is 7.04. The molecule has 4 aromatic rings. The predicted molar refractivity (Wildman–Crippen MR) is 191 cm³/mol. The van der Waals surface area contributed by atoms with Crippen molar-refractivity contribution in [3.05, 3.63) is 144 Å². The first-order valence-corrected chi connectivity index (χ1v) is 17.5. The molecule has 2 aliphatic carbocycles. The van der Waals surface area contributed by atoms with E-state index in [2.05, 4.69) is 107 Å². The number of benzene rings is 4. The molecule has 4 aromatic carbocycles. The highest BCUT2D eigenvalue weighted by atomic mass is 16.4. The number of aliphatic carboxylic acids is 2. The van der Waals surface area contributed by atoms with Crippen molar-refractivity contribution < 1.29 is 19.8 Å². The van der Waals surface area contributed by atoms with Crippen LogP contribution in [0.15, 0.2) is 121 Å². The van der Waals surface area contributed by atoms with Crippen LogP contribution in [-0.4, -0.2) is 44.0 Å². The van der Waals surface area contributed by atoms with Crippen molar-refractivity contribution in [3.63, 3.8) is 0 Å². The van der Waals surface area contributed by atoms with E-state index in [1.165, 1.54) is 22.3 Å². The summed E-state index contributed by atoms with van der Waals surface area (Å²) in [5, 5.41) is 18.4. The van der Waals surface area contributed by atoms with Crippen LogP contribution in [-0.2, 0) is 35.8 Å². The van der Waals surface area contributed by atoms with E-state index in [9.17, 15) is 19.8 Å². The van der Waals surface area contributed by atoms with Crippen molar-refractivity contribution in [1.29, 1.82) is 0 Å². The van der Waals surface area contributed by atoms with E-state index in [1.54, 1.807) is 0 Å². The summed E-state index contributed by atoms with van der Waals surface area (Å²) in [4.78, 5) is 27.4. The molecular weight excluding hydrogens is 596 g/mol. The summed E-state index contributed by atoms with van der Waals surface area (Å²) >= 11 is 0. The fraction of sp³-hybridized carbons (Fsp3) is 0.381. The Kier molecular flexibility index (Phi) is 13.4. The minimum atomic E-state index is -0.633. The van der Waals surface area contributed by atoms with Crippen molar-refractivity contribution in [2.24, 2.45) is 11.8 Å². The van der Waals surface area contributed by atoms with Gasteiger partial charge in [-0.25, -0.2) is 0 Å². The van der Waals surface area contributed by atoms with Gasteiger partial charge in [-0.3, -0.25) is 19.4 Å². The number of hydrogen-bond acceptors (Lipinski definition) is 4. The lowest BCUT2D eigenvalue weighted by Gasteiger charge is -2.36. The lowest BCUT2D eigenvalue weighted by molar-refractivity contribution is -0.144. The first-order chi connectivity index (χ1) is 23.4. The van der Waals surface area contributed by atoms with Gasteiger partial charge in [0.15, 0.2) is 0 Å². The number of rotatable bonds is 12. The summed E-state index contributed by atoms with van der Waals surface area (Å²) in [5.41, 5.74) is 5.25. The van der Waals surface area contributed by atoms with Crippen molar-refractivity contribution >= 4 is 11.9 Å². The van der Waals surface area contributed by atoms with E-state index in [1.807, 2.05) is 24.3 Å². The second-order valence-electron chi connectivity index (χ2n) is 13.4. The molecule has 48 heavy (non-hydrogen) atoms. The van der Waals surface area contributed by atoms with Gasteiger partial charge in [-0.1, -0.05) is 121 Å². The van der Waals surface area contributed by atoms with Crippen LogP contribution < -0.4 is 0 Å². The Labute approximate surface area is 286 Å². The molecule has 0 amide bonds. The standard InChI is InChI=1S/2C21H25NO2/c2*23-21(24)19-11-13-20(14-12-19)22(15-17-7-3-1-4-8-17)16-18-9-5-2-6-10-18/h2*1-10,19-20H,11-16H2,(H,23,24). The third-order valence-electron chi connectivity index (χ3n) is 10.0. The summed E-state index contributed by atoms with van der Waals surface area (Å²) in [6.45, 7) is 3.66. The van der Waals surface area contributed by atoms with E-state index < -0.39 is 11.9 Å². The second kappa shape index (κ2) is 18.3. The van der Waals surface area contributed by atoms with Gasteiger partial charge in [-0.05, 0) is 73.6 Å².